The average molecular weight is 542 g/mol. The number of halogens is 2. The van der Waals surface area contributed by atoms with Crippen LogP contribution in [0.4, 0.5) is 0 Å². The van der Waals surface area contributed by atoms with Crippen molar-refractivity contribution in [2.45, 2.75) is 33.4 Å². The monoisotopic (exact) mass is 541 g/mol. The summed E-state index contributed by atoms with van der Waals surface area (Å²) in [6, 6.07) is 17.1. The van der Waals surface area contributed by atoms with E-state index in [0.29, 0.717) is 28.7 Å². The van der Waals surface area contributed by atoms with E-state index in [0.717, 1.165) is 5.56 Å². The van der Waals surface area contributed by atoms with Crippen LogP contribution in [-0.2, 0) is 11.4 Å². The number of hydrogen-bond donors (Lipinski definition) is 2. The minimum atomic E-state index is -0.830. The van der Waals surface area contributed by atoms with E-state index in [1.165, 1.54) is 23.9 Å². The van der Waals surface area contributed by atoms with E-state index in [1.54, 1.807) is 31.4 Å². The fourth-order valence-electron chi connectivity index (χ4n) is 3.40. The van der Waals surface area contributed by atoms with Crippen molar-refractivity contribution in [3.05, 3.63) is 93.0 Å². The highest BCUT2D eigenvalue weighted by Gasteiger charge is 2.25. The number of aryl methyl sites for hydroxylation is 1. The van der Waals surface area contributed by atoms with Gasteiger partial charge in [-0.2, -0.15) is 5.10 Å². The Kier molecular flexibility index (Phi) is 9.94. The van der Waals surface area contributed by atoms with Crippen LogP contribution in [0.5, 0.6) is 11.5 Å². The summed E-state index contributed by atoms with van der Waals surface area (Å²) in [4.78, 5) is 25.4. The van der Waals surface area contributed by atoms with Gasteiger partial charge < -0.3 is 14.8 Å². The minimum absolute atomic E-state index is 0.199. The van der Waals surface area contributed by atoms with Crippen molar-refractivity contribution in [2.75, 3.05) is 7.11 Å². The second-order valence-electron chi connectivity index (χ2n) is 8.74. The average Bonchev–Trinajstić information content (AvgIpc) is 2.86. The molecule has 0 aromatic heterocycles. The fraction of sp³-hybridized carbons (Fsp3) is 0.250. The zero-order valence-corrected chi connectivity index (χ0v) is 22.6. The van der Waals surface area contributed by atoms with Crippen LogP contribution in [0.2, 0.25) is 10.0 Å². The number of nitrogens with one attached hydrogen (secondary N) is 2. The molecular weight excluding hydrogens is 513 g/mol. The van der Waals surface area contributed by atoms with E-state index >= 15 is 0 Å². The molecule has 1 unspecified atom stereocenters. The molecule has 0 heterocycles. The Balaban J connectivity index is 1.62. The molecule has 0 aliphatic carbocycles. The van der Waals surface area contributed by atoms with Gasteiger partial charge >= 0.3 is 0 Å². The molecule has 0 fully saturated rings. The molecule has 0 aliphatic rings. The van der Waals surface area contributed by atoms with Crippen LogP contribution in [0.25, 0.3) is 0 Å². The van der Waals surface area contributed by atoms with Gasteiger partial charge in [0.05, 0.1) is 23.9 Å². The maximum atomic E-state index is 12.8. The smallest absolute Gasteiger partial charge is 0.262 e. The summed E-state index contributed by atoms with van der Waals surface area (Å²) in [6.45, 7) is 6.08. The number of nitrogens with zero attached hydrogens (tertiary/aromatic N) is 1. The van der Waals surface area contributed by atoms with E-state index in [9.17, 15) is 9.59 Å². The minimum Gasteiger partial charge on any atom is -0.493 e. The maximum absolute atomic E-state index is 12.8. The van der Waals surface area contributed by atoms with Gasteiger partial charge in [-0.25, -0.2) is 5.43 Å². The van der Waals surface area contributed by atoms with E-state index in [1.807, 2.05) is 45.0 Å². The number of amides is 2. The Labute approximate surface area is 226 Å². The van der Waals surface area contributed by atoms with Crippen LogP contribution >= 0.6 is 23.2 Å². The Morgan fingerprint density at radius 1 is 1.00 bits per heavy atom. The molecule has 9 heteroatoms. The summed E-state index contributed by atoms with van der Waals surface area (Å²) >= 11 is 12.0. The lowest BCUT2D eigenvalue weighted by atomic mass is 10.0. The second kappa shape index (κ2) is 13.1. The van der Waals surface area contributed by atoms with Gasteiger partial charge in [-0.1, -0.05) is 66.9 Å². The fourth-order valence-corrected chi connectivity index (χ4v) is 3.89. The van der Waals surface area contributed by atoms with Gasteiger partial charge in [0.1, 0.15) is 12.6 Å². The largest absolute Gasteiger partial charge is 0.493 e. The first-order valence-corrected chi connectivity index (χ1v) is 12.4. The number of ether oxygens (including phenoxy) is 2. The van der Waals surface area contributed by atoms with E-state index in [2.05, 4.69) is 15.8 Å². The number of methoxy groups -OCH3 is 1. The summed E-state index contributed by atoms with van der Waals surface area (Å²) < 4.78 is 11.4. The summed E-state index contributed by atoms with van der Waals surface area (Å²) in [7, 11) is 1.56. The molecule has 2 amide bonds. The number of benzene rings is 3. The third kappa shape index (κ3) is 7.97. The first-order chi connectivity index (χ1) is 17.7. The molecule has 37 heavy (non-hydrogen) atoms. The van der Waals surface area contributed by atoms with Crippen LogP contribution in [0.1, 0.15) is 40.9 Å². The van der Waals surface area contributed by atoms with Crippen molar-refractivity contribution in [1.82, 2.24) is 10.7 Å². The molecule has 0 bridgehead atoms. The molecular formula is C28H29Cl2N3O4. The van der Waals surface area contributed by atoms with Crippen molar-refractivity contribution in [1.29, 1.82) is 0 Å². The van der Waals surface area contributed by atoms with Gasteiger partial charge in [-0.15, -0.1) is 0 Å². The normalized spacial score (nSPS) is 11.9. The van der Waals surface area contributed by atoms with Crippen molar-refractivity contribution < 1.29 is 19.1 Å². The SMILES string of the molecule is COc1cc(/C=N\NC(=O)C(NC(=O)c2ccc(Cl)cc2Cl)C(C)C)ccc1OCc1ccc(C)cc1. The van der Waals surface area contributed by atoms with Gasteiger partial charge in [-0.05, 0) is 60.4 Å². The standard InChI is InChI=1S/C28H29Cl2N3O4/c1-17(2)26(32-27(34)22-11-10-21(29)14-23(22)30)28(35)33-31-15-20-9-12-24(25(13-20)36-4)37-16-19-7-5-18(3)6-8-19/h5-15,17,26H,16H2,1-4H3,(H,32,34)(H,33,35)/b31-15-. The molecule has 0 aliphatic heterocycles. The predicted octanol–water partition coefficient (Wildman–Crippen LogP) is 5.79. The van der Waals surface area contributed by atoms with Gasteiger partial charge in [0.2, 0.25) is 0 Å². The summed E-state index contributed by atoms with van der Waals surface area (Å²) in [5, 5.41) is 7.37. The van der Waals surface area contributed by atoms with Crippen molar-refractivity contribution in [2.24, 2.45) is 11.0 Å². The molecule has 7 nitrogen and oxygen atoms in total. The van der Waals surface area contributed by atoms with E-state index < -0.39 is 17.9 Å². The van der Waals surface area contributed by atoms with Crippen LogP contribution in [0.15, 0.2) is 65.8 Å². The van der Waals surface area contributed by atoms with Crippen LogP contribution in [0.3, 0.4) is 0 Å². The number of hydrogen-bond acceptors (Lipinski definition) is 5. The third-order valence-electron chi connectivity index (χ3n) is 5.50. The summed E-state index contributed by atoms with van der Waals surface area (Å²) in [5.74, 6) is -0.0160. The number of carbonyl (C=O) groups is 2. The Morgan fingerprint density at radius 3 is 2.38 bits per heavy atom. The second-order valence-corrected chi connectivity index (χ2v) is 9.58. The van der Waals surface area contributed by atoms with Crippen molar-refractivity contribution >= 4 is 41.2 Å². The van der Waals surface area contributed by atoms with E-state index in [-0.39, 0.29) is 16.5 Å². The van der Waals surface area contributed by atoms with Gasteiger partial charge in [0.25, 0.3) is 11.8 Å². The van der Waals surface area contributed by atoms with Crippen molar-refractivity contribution in [3.63, 3.8) is 0 Å². The molecule has 2 N–H and O–H groups in total. The predicted molar refractivity (Wildman–Crippen MR) is 147 cm³/mol. The van der Waals surface area contributed by atoms with Crippen molar-refractivity contribution in [3.8, 4) is 11.5 Å². The molecule has 3 aromatic carbocycles. The van der Waals surface area contributed by atoms with Crippen LogP contribution < -0.4 is 20.2 Å². The molecule has 0 saturated carbocycles. The Bertz CT molecular complexity index is 1280. The molecule has 194 valence electrons. The topological polar surface area (TPSA) is 89.0 Å². The summed E-state index contributed by atoms with van der Waals surface area (Å²) in [5.41, 5.74) is 5.64. The maximum Gasteiger partial charge on any atom is 0.262 e. The first kappa shape index (κ1) is 28.0. The highest BCUT2D eigenvalue weighted by molar-refractivity contribution is 6.36. The molecule has 0 spiro atoms. The first-order valence-electron chi connectivity index (χ1n) is 11.6. The van der Waals surface area contributed by atoms with Crippen LogP contribution in [0, 0.1) is 12.8 Å². The lowest BCUT2D eigenvalue weighted by Gasteiger charge is -2.20. The number of carbonyl (C=O) groups excluding carboxylic acids is 2. The third-order valence-corrected chi connectivity index (χ3v) is 6.05. The highest BCUT2D eigenvalue weighted by atomic mass is 35.5. The van der Waals surface area contributed by atoms with Crippen LogP contribution in [-0.4, -0.2) is 31.2 Å². The number of hydrazone groups is 1. The van der Waals surface area contributed by atoms with Gasteiger partial charge in [0.15, 0.2) is 11.5 Å². The van der Waals surface area contributed by atoms with E-state index in [4.69, 9.17) is 32.7 Å². The Morgan fingerprint density at radius 2 is 1.73 bits per heavy atom. The zero-order chi connectivity index (χ0) is 26.9. The molecule has 0 saturated heterocycles. The molecule has 1 atom stereocenters. The number of rotatable bonds is 10. The lowest BCUT2D eigenvalue weighted by molar-refractivity contribution is -0.123. The summed E-state index contributed by atoms with van der Waals surface area (Å²) in [6.07, 6.45) is 1.49. The highest BCUT2D eigenvalue weighted by Crippen LogP contribution is 2.28. The molecule has 3 aromatic rings. The van der Waals surface area contributed by atoms with Gasteiger partial charge in [-0.3, -0.25) is 9.59 Å². The van der Waals surface area contributed by atoms with Gasteiger partial charge in [0, 0.05) is 5.02 Å². The lowest BCUT2D eigenvalue weighted by Crippen LogP contribution is -2.48. The quantitative estimate of drug-likeness (QED) is 0.251. The zero-order valence-electron chi connectivity index (χ0n) is 21.0. The molecule has 0 radical (unpaired) electrons. The molecule has 3 rings (SSSR count). The Hall–Kier alpha value is -3.55.